The molecule has 3 rings (SSSR count). The first kappa shape index (κ1) is 11.0. The molecule has 0 N–H and O–H groups in total. The van der Waals surface area contributed by atoms with Crippen LogP contribution >= 0.6 is 0 Å². The summed E-state index contributed by atoms with van der Waals surface area (Å²) >= 11 is 0. The van der Waals surface area contributed by atoms with Crippen molar-refractivity contribution in [3.8, 4) is 0 Å². The van der Waals surface area contributed by atoms with Gasteiger partial charge in [-0.3, -0.25) is 0 Å². The zero-order valence-electron chi connectivity index (χ0n) is 10.2. The van der Waals surface area contributed by atoms with Crippen LogP contribution in [-0.4, -0.2) is 4.57 Å². The van der Waals surface area contributed by atoms with E-state index >= 15 is 0 Å². The largest absolute Gasteiger partial charge is 0.343 e. The standard InChI is InChI=1S/C16H14FN/c1-12-3-2-4-13(9-12)11-18-8-7-14-10-15(17)5-6-16(14)18/h2-10H,11H2,1H3. The van der Waals surface area contributed by atoms with E-state index < -0.39 is 0 Å². The zero-order valence-corrected chi connectivity index (χ0v) is 10.2. The van der Waals surface area contributed by atoms with Crippen LogP contribution in [-0.2, 0) is 6.54 Å². The lowest BCUT2D eigenvalue weighted by atomic mass is 10.1. The highest BCUT2D eigenvalue weighted by Gasteiger charge is 2.03. The van der Waals surface area contributed by atoms with Gasteiger partial charge in [0.25, 0.3) is 0 Å². The Morgan fingerprint density at radius 3 is 2.78 bits per heavy atom. The highest BCUT2D eigenvalue weighted by molar-refractivity contribution is 5.80. The topological polar surface area (TPSA) is 4.93 Å². The van der Waals surface area contributed by atoms with E-state index in [9.17, 15) is 4.39 Å². The van der Waals surface area contributed by atoms with Gasteiger partial charge in [0.05, 0.1) is 0 Å². The Bertz CT molecular complexity index is 697. The fourth-order valence-electron chi connectivity index (χ4n) is 2.32. The van der Waals surface area contributed by atoms with E-state index in [1.54, 1.807) is 6.07 Å². The minimum atomic E-state index is -0.184. The molecule has 0 aliphatic carbocycles. The smallest absolute Gasteiger partial charge is 0.123 e. The van der Waals surface area contributed by atoms with Crippen molar-refractivity contribution in [1.29, 1.82) is 0 Å². The Labute approximate surface area is 105 Å². The van der Waals surface area contributed by atoms with Gasteiger partial charge >= 0.3 is 0 Å². The number of aromatic nitrogens is 1. The number of rotatable bonds is 2. The van der Waals surface area contributed by atoms with E-state index in [0.29, 0.717) is 0 Å². The summed E-state index contributed by atoms with van der Waals surface area (Å²) in [6.07, 6.45) is 2.01. The lowest BCUT2D eigenvalue weighted by Gasteiger charge is -2.06. The molecule has 0 bridgehead atoms. The minimum absolute atomic E-state index is 0.184. The molecular formula is C16H14FN. The fourth-order valence-corrected chi connectivity index (χ4v) is 2.32. The molecule has 1 heterocycles. The molecule has 1 nitrogen and oxygen atoms in total. The SMILES string of the molecule is Cc1cccc(Cn2ccc3cc(F)ccc32)c1. The minimum Gasteiger partial charge on any atom is -0.343 e. The second kappa shape index (κ2) is 4.30. The van der Waals surface area contributed by atoms with Gasteiger partial charge in [0.15, 0.2) is 0 Å². The summed E-state index contributed by atoms with van der Waals surface area (Å²) in [6.45, 7) is 2.91. The molecule has 18 heavy (non-hydrogen) atoms. The number of nitrogens with zero attached hydrogens (tertiary/aromatic N) is 1. The summed E-state index contributed by atoms with van der Waals surface area (Å²) < 4.78 is 15.3. The molecule has 90 valence electrons. The Balaban J connectivity index is 2.00. The van der Waals surface area contributed by atoms with Gasteiger partial charge in [-0.2, -0.15) is 0 Å². The first-order valence-corrected chi connectivity index (χ1v) is 6.02. The van der Waals surface area contributed by atoms with Gasteiger partial charge in [0.2, 0.25) is 0 Å². The van der Waals surface area contributed by atoms with Crippen LogP contribution in [0.1, 0.15) is 11.1 Å². The molecule has 3 aromatic rings. The molecule has 0 aliphatic rings. The van der Waals surface area contributed by atoms with E-state index in [4.69, 9.17) is 0 Å². The third-order valence-corrected chi connectivity index (χ3v) is 3.17. The van der Waals surface area contributed by atoms with Crippen molar-refractivity contribution in [1.82, 2.24) is 4.57 Å². The number of halogens is 1. The third-order valence-electron chi connectivity index (χ3n) is 3.17. The number of hydrogen-bond donors (Lipinski definition) is 0. The monoisotopic (exact) mass is 239 g/mol. The molecule has 0 atom stereocenters. The van der Waals surface area contributed by atoms with Gasteiger partial charge in [-0.25, -0.2) is 4.39 Å². The van der Waals surface area contributed by atoms with Crippen LogP contribution in [0.4, 0.5) is 4.39 Å². The number of fused-ring (bicyclic) bond motifs is 1. The van der Waals surface area contributed by atoms with Crippen molar-refractivity contribution in [2.45, 2.75) is 13.5 Å². The second-order valence-corrected chi connectivity index (χ2v) is 4.64. The predicted molar refractivity (Wildman–Crippen MR) is 72.2 cm³/mol. The molecule has 0 fully saturated rings. The maximum absolute atomic E-state index is 13.1. The van der Waals surface area contributed by atoms with E-state index in [0.717, 1.165) is 17.4 Å². The Morgan fingerprint density at radius 1 is 1.06 bits per heavy atom. The summed E-state index contributed by atoms with van der Waals surface area (Å²) in [6, 6.07) is 15.3. The average Bonchev–Trinajstić information content (AvgIpc) is 2.72. The van der Waals surface area contributed by atoms with Gasteiger partial charge in [-0.15, -0.1) is 0 Å². The first-order valence-electron chi connectivity index (χ1n) is 6.02. The van der Waals surface area contributed by atoms with Crippen molar-refractivity contribution in [3.05, 3.63) is 71.7 Å². The Kier molecular flexibility index (Phi) is 2.63. The van der Waals surface area contributed by atoms with Crippen molar-refractivity contribution in [2.75, 3.05) is 0 Å². The quantitative estimate of drug-likeness (QED) is 0.633. The molecule has 1 aromatic heterocycles. The summed E-state index contributed by atoms with van der Waals surface area (Å²) in [5.74, 6) is -0.184. The molecule has 2 heteroatoms. The van der Waals surface area contributed by atoms with Crippen LogP contribution in [0.5, 0.6) is 0 Å². The molecule has 0 saturated carbocycles. The van der Waals surface area contributed by atoms with Gasteiger partial charge in [-0.05, 0) is 36.8 Å². The Morgan fingerprint density at radius 2 is 1.94 bits per heavy atom. The highest BCUT2D eigenvalue weighted by atomic mass is 19.1. The predicted octanol–water partition coefficient (Wildman–Crippen LogP) is 4.14. The highest BCUT2D eigenvalue weighted by Crippen LogP contribution is 2.18. The molecule has 0 saturated heterocycles. The maximum atomic E-state index is 13.1. The van der Waals surface area contributed by atoms with E-state index in [-0.39, 0.29) is 5.82 Å². The van der Waals surface area contributed by atoms with Crippen molar-refractivity contribution < 1.29 is 4.39 Å². The van der Waals surface area contributed by atoms with Crippen LogP contribution in [0.3, 0.4) is 0 Å². The van der Waals surface area contributed by atoms with Crippen molar-refractivity contribution in [3.63, 3.8) is 0 Å². The lowest BCUT2D eigenvalue weighted by Crippen LogP contribution is -1.97. The second-order valence-electron chi connectivity index (χ2n) is 4.64. The molecular weight excluding hydrogens is 225 g/mol. The van der Waals surface area contributed by atoms with Gasteiger partial charge in [0, 0.05) is 23.6 Å². The fraction of sp³-hybridized carbons (Fsp3) is 0.125. The molecule has 0 spiro atoms. The Hall–Kier alpha value is -2.09. The third kappa shape index (κ3) is 2.02. The molecule has 0 radical (unpaired) electrons. The first-order chi connectivity index (χ1) is 8.72. The van der Waals surface area contributed by atoms with E-state index in [1.165, 1.54) is 17.2 Å². The summed E-state index contributed by atoms with van der Waals surface area (Å²) in [4.78, 5) is 0. The maximum Gasteiger partial charge on any atom is 0.123 e. The van der Waals surface area contributed by atoms with Crippen molar-refractivity contribution in [2.24, 2.45) is 0 Å². The van der Waals surface area contributed by atoms with Gasteiger partial charge in [0.1, 0.15) is 5.82 Å². The number of benzene rings is 2. The van der Waals surface area contributed by atoms with Crippen LogP contribution in [0.15, 0.2) is 54.7 Å². The molecule has 2 aromatic carbocycles. The molecule has 0 amide bonds. The van der Waals surface area contributed by atoms with Gasteiger partial charge in [-0.1, -0.05) is 29.8 Å². The number of hydrogen-bond acceptors (Lipinski definition) is 0. The lowest BCUT2D eigenvalue weighted by molar-refractivity contribution is 0.629. The van der Waals surface area contributed by atoms with Crippen LogP contribution < -0.4 is 0 Å². The zero-order chi connectivity index (χ0) is 12.5. The molecule has 0 aliphatic heterocycles. The number of aryl methyl sites for hydroxylation is 1. The van der Waals surface area contributed by atoms with E-state index in [2.05, 4.69) is 35.8 Å². The van der Waals surface area contributed by atoms with Crippen LogP contribution in [0, 0.1) is 12.7 Å². The van der Waals surface area contributed by atoms with Gasteiger partial charge < -0.3 is 4.57 Å². The summed E-state index contributed by atoms with van der Waals surface area (Å²) in [7, 11) is 0. The van der Waals surface area contributed by atoms with Crippen molar-refractivity contribution >= 4 is 10.9 Å². The van der Waals surface area contributed by atoms with Crippen LogP contribution in [0.2, 0.25) is 0 Å². The summed E-state index contributed by atoms with van der Waals surface area (Å²) in [5, 5.41) is 0.947. The van der Waals surface area contributed by atoms with Crippen LogP contribution in [0.25, 0.3) is 10.9 Å². The summed E-state index contributed by atoms with van der Waals surface area (Å²) in [5.41, 5.74) is 3.59. The average molecular weight is 239 g/mol. The molecule has 0 unspecified atom stereocenters. The van der Waals surface area contributed by atoms with E-state index in [1.807, 2.05) is 18.3 Å². The normalized spacial score (nSPS) is 11.0.